The van der Waals surface area contributed by atoms with Gasteiger partial charge in [0.25, 0.3) is 0 Å². The molecular formula is C13H10F2IP. The Morgan fingerprint density at radius 3 is 1.59 bits per heavy atom. The van der Waals surface area contributed by atoms with Crippen LogP contribution in [-0.2, 0) is 0 Å². The highest BCUT2D eigenvalue weighted by molar-refractivity contribution is 14.2. The molecule has 0 saturated carbocycles. The van der Waals surface area contributed by atoms with Gasteiger partial charge in [0.1, 0.15) is 11.6 Å². The maximum Gasteiger partial charge on any atom is 0.127 e. The first-order valence-corrected chi connectivity index (χ1v) is 9.28. The minimum atomic E-state index is -0.273. The highest BCUT2D eigenvalue weighted by Crippen LogP contribution is 2.46. The molecule has 0 saturated heterocycles. The van der Waals surface area contributed by atoms with Crippen LogP contribution in [0.3, 0.4) is 0 Å². The molecule has 2 aromatic rings. The molecule has 0 bridgehead atoms. The van der Waals surface area contributed by atoms with E-state index in [1.54, 1.807) is 36.4 Å². The van der Waals surface area contributed by atoms with Gasteiger partial charge in [0.15, 0.2) is 0 Å². The molecule has 0 aliphatic carbocycles. The molecule has 2 aromatic carbocycles. The summed E-state index contributed by atoms with van der Waals surface area (Å²) in [6, 6.07) is 13.1. The first-order valence-electron chi connectivity index (χ1n) is 5.09. The van der Waals surface area contributed by atoms with E-state index in [-0.39, 0.29) is 17.3 Å². The predicted molar refractivity (Wildman–Crippen MR) is 77.0 cm³/mol. The summed E-state index contributed by atoms with van der Waals surface area (Å²) in [4.78, 5) is 0. The van der Waals surface area contributed by atoms with Crippen molar-refractivity contribution in [3.8, 4) is 0 Å². The minimum Gasteiger partial charge on any atom is -0.207 e. The average molecular weight is 362 g/mol. The molecule has 4 heteroatoms. The standard InChI is InChI=1S/C13H10F2IP/c14-11-7-3-1-5-9(11)13(17-16)10-6-2-4-8-12(10)15/h1-8,13,17H. The lowest BCUT2D eigenvalue weighted by molar-refractivity contribution is 0.597. The van der Waals surface area contributed by atoms with Crippen LogP contribution in [0.1, 0.15) is 16.8 Å². The Bertz CT molecular complexity index is 471. The molecule has 0 heterocycles. The third-order valence-electron chi connectivity index (χ3n) is 2.54. The van der Waals surface area contributed by atoms with E-state index in [0.717, 1.165) is 0 Å². The van der Waals surface area contributed by atoms with Crippen molar-refractivity contribution < 1.29 is 8.78 Å². The molecule has 0 spiro atoms. The molecule has 1 unspecified atom stereocenters. The van der Waals surface area contributed by atoms with E-state index < -0.39 is 0 Å². The molecule has 17 heavy (non-hydrogen) atoms. The quantitative estimate of drug-likeness (QED) is 0.528. The van der Waals surface area contributed by atoms with E-state index in [1.807, 2.05) is 0 Å². The fourth-order valence-corrected chi connectivity index (χ4v) is 4.42. The van der Waals surface area contributed by atoms with Crippen LogP contribution in [0.25, 0.3) is 0 Å². The summed E-state index contributed by atoms with van der Waals surface area (Å²) in [7, 11) is 0. The third-order valence-corrected chi connectivity index (χ3v) is 5.25. The monoisotopic (exact) mass is 362 g/mol. The van der Waals surface area contributed by atoms with Crippen molar-refractivity contribution in [2.75, 3.05) is 0 Å². The van der Waals surface area contributed by atoms with Gasteiger partial charge < -0.3 is 0 Å². The SMILES string of the molecule is Fc1ccccc1C(PI)c1ccccc1F. The van der Waals surface area contributed by atoms with Crippen molar-refractivity contribution in [2.45, 2.75) is 5.66 Å². The minimum absolute atomic E-state index is 0.210. The van der Waals surface area contributed by atoms with Crippen LogP contribution in [0.4, 0.5) is 8.78 Å². The molecule has 0 N–H and O–H groups in total. The second-order valence-electron chi connectivity index (χ2n) is 3.59. The van der Waals surface area contributed by atoms with E-state index in [9.17, 15) is 8.78 Å². The van der Waals surface area contributed by atoms with Gasteiger partial charge in [0.05, 0.1) is 0 Å². The van der Waals surface area contributed by atoms with Crippen LogP contribution in [0.2, 0.25) is 0 Å². The van der Waals surface area contributed by atoms with Crippen molar-refractivity contribution in [1.29, 1.82) is 0 Å². The lowest BCUT2D eigenvalue weighted by atomic mass is 10.0. The summed E-state index contributed by atoms with van der Waals surface area (Å²) in [6.45, 7) is 0. The van der Waals surface area contributed by atoms with Gasteiger partial charge in [0, 0.05) is 16.8 Å². The molecule has 0 nitrogen and oxygen atoms in total. The maximum absolute atomic E-state index is 13.7. The maximum atomic E-state index is 13.7. The second kappa shape index (κ2) is 5.87. The summed E-state index contributed by atoms with van der Waals surface area (Å²) < 4.78 is 27.4. The fraction of sp³-hybridized carbons (Fsp3) is 0.0769. The van der Waals surface area contributed by atoms with Crippen molar-refractivity contribution in [3.63, 3.8) is 0 Å². The second-order valence-corrected chi connectivity index (χ2v) is 6.25. The van der Waals surface area contributed by atoms with Crippen molar-refractivity contribution >= 4 is 28.3 Å². The zero-order chi connectivity index (χ0) is 12.3. The Hall–Kier alpha value is -0.540. The number of rotatable bonds is 3. The van der Waals surface area contributed by atoms with Crippen molar-refractivity contribution in [1.82, 2.24) is 0 Å². The summed E-state index contributed by atoms with van der Waals surface area (Å²) in [6.07, 6.45) is 0.387. The van der Waals surface area contributed by atoms with Gasteiger partial charge in [-0.1, -0.05) is 58.4 Å². The van der Waals surface area contributed by atoms with Gasteiger partial charge in [-0.2, -0.15) is 0 Å². The lowest BCUT2D eigenvalue weighted by Gasteiger charge is -2.16. The molecular weight excluding hydrogens is 352 g/mol. The molecule has 1 atom stereocenters. The molecule has 2 rings (SSSR count). The van der Waals surface area contributed by atoms with Crippen molar-refractivity contribution in [3.05, 3.63) is 71.3 Å². The number of benzene rings is 2. The fourth-order valence-electron chi connectivity index (χ4n) is 1.70. The first-order chi connectivity index (χ1) is 8.24. The summed E-state index contributed by atoms with van der Waals surface area (Å²) in [5.74, 6) is -0.546. The Morgan fingerprint density at radius 1 is 0.824 bits per heavy atom. The molecule has 0 fully saturated rings. The van der Waals surface area contributed by atoms with Crippen LogP contribution in [0.15, 0.2) is 48.5 Å². The van der Waals surface area contributed by atoms with E-state index >= 15 is 0 Å². The molecule has 0 aromatic heterocycles. The van der Waals surface area contributed by atoms with Gasteiger partial charge in [-0.05, 0) is 18.4 Å². The van der Waals surface area contributed by atoms with Crippen LogP contribution < -0.4 is 0 Å². The topological polar surface area (TPSA) is 0 Å². The van der Waals surface area contributed by atoms with Gasteiger partial charge in [0.2, 0.25) is 0 Å². The van der Waals surface area contributed by atoms with Gasteiger partial charge >= 0.3 is 0 Å². The zero-order valence-corrected chi connectivity index (χ0v) is 12.0. The lowest BCUT2D eigenvalue weighted by Crippen LogP contribution is -1.99. The number of hydrogen-bond acceptors (Lipinski definition) is 0. The molecule has 88 valence electrons. The Kier molecular flexibility index (Phi) is 4.46. The van der Waals surface area contributed by atoms with Gasteiger partial charge in [-0.15, -0.1) is 0 Å². The Balaban J connectivity index is 2.48. The summed E-state index contributed by atoms with van der Waals surface area (Å²) in [5, 5.41) is 0. The molecule has 0 radical (unpaired) electrons. The summed E-state index contributed by atoms with van der Waals surface area (Å²) >= 11 is 2.18. The van der Waals surface area contributed by atoms with E-state index in [2.05, 4.69) is 22.0 Å². The molecule has 0 amide bonds. The van der Waals surface area contributed by atoms with Crippen LogP contribution in [0, 0.1) is 11.6 Å². The third kappa shape index (κ3) is 2.83. The smallest absolute Gasteiger partial charge is 0.127 e. The normalized spacial score (nSPS) is 11.5. The molecule has 0 aliphatic heterocycles. The van der Waals surface area contributed by atoms with Crippen LogP contribution in [-0.4, -0.2) is 0 Å². The van der Waals surface area contributed by atoms with Crippen molar-refractivity contribution in [2.24, 2.45) is 0 Å². The van der Waals surface area contributed by atoms with E-state index in [0.29, 0.717) is 17.4 Å². The molecule has 0 aliphatic rings. The predicted octanol–water partition coefficient (Wildman–Crippen LogP) is 5.08. The van der Waals surface area contributed by atoms with E-state index in [4.69, 9.17) is 0 Å². The first kappa shape index (κ1) is 12.9. The Labute approximate surface area is 114 Å². The summed E-state index contributed by atoms with van der Waals surface area (Å²) in [5.41, 5.74) is 0.911. The number of hydrogen-bond donors (Lipinski definition) is 0. The highest BCUT2D eigenvalue weighted by Gasteiger charge is 2.19. The van der Waals surface area contributed by atoms with Crippen LogP contribution >= 0.6 is 28.3 Å². The average Bonchev–Trinajstić information content (AvgIpc) is 2.34. The highest BCUT2D eigenvalue weighted by atomic mass is 127. The van der Waals surface area contributed by atoms with E-state index in [1.165, 1.54) is 12.1 Å². The Morgan fingerprint density at radius 2 is 1.24 bits per heavy atom. The van der Waals surface area contributed by atoms with Gasteiger partial charge in [-0.25, -0.2) is 8.78 Å². The van der Waals surface area contributed by atoms with Gasteiger partial charge in [-0.3, -0.25) is 0 Å². The largest absolute Gasteiger partial charge is 0.207 e. The van der Waals surface area contributed by atoms with Crippen LogP contribution in [0.5, 0.6) is 0 Å². The zero-order valence-electron chi connectivity index (χ0n) is 8.83. The number of halogens is 3.